The first-order chi connectivity index (χ1) is 13.3. The highest BCUT2D eigenvalue weighted by Crippen LogP contribution is 2.16. The Hall–Kier alpha value is -1.58. The molecule has 0 aliphatic heterocycles. The number of hydrogen-bond acceptors (Lipinski definition) is 6. The SMILES string of the molecule is Cc1cn(CCCN(S)C(=O)NCCSCc2ccc(CN(C)C)o2)c(C)n1. The summed E-state index contributed by atoms with van der Waals surface area (Å²) in [4.78, 5) is 18.5. The van der Waals surface area contributed by atoms with Crippen molar-refractivity contribution in [2.24, 2.45) is 0 Å². The monoisotopic (exact) mass is 425 g/mol. The van der Waals surface area contributed by atoms with Gasteiger partial charge in [-0.1, -0.05) is 12.8 Å². The maximum Gasteiger partial charge on any atom is 0.327 e. The van der Waals surface area contributed by atoms with Gasteiger partial charge in [0.2, 0.25) is 0 Å². The Kier molecular flexibility index (Phi) is 9.27. The number of rotatable bonds is 11. The first kappa shape index (κ1) is 22.7. The maximum absolute atomic E-state index is 12.1. The summed E-state index contributed by atoms with van der Waals surface area (Å²) in [6, 6.07) is 3.88. The quantitative estimate of drug-likeness (QED) is 0.427. The average molecular weight is 426 g/mol. The molecular weight excluding hydrogens is 394 g/mol. The Morgan fingerprint density at radius 1 is 1.32 bits per heavy atom. The van der Waals surface area contributed by atoms with Gasteiger partial charge >= 0.3 is 6.03 Å². The first-order valence-corrected chi connectivity index (χ1v) is 11.0. The third kappa shape index (κ3) is 7.81. The number of imidazole rings is 1. The zero-order valence-corrected chi connectivity index (χ0v) is 18.9. The number of urea groups is 1. The largest absolute Gasteiger partial charge is 0.464 e. The minimum absolute atomic E-state index is 0.159. The van der Waals surface area contributed by atoms with Crippen molar-refractivity contribution in [3.8, 4) is 0 Å². The van der Waals surface area contributed by atoms with Crippen LogP contribution in [0.4, 0.5) is 4.79 Å². The second kappa shape index (κ2) is 11.4. The second-order valence-corrected chi connectivity index (χ2v) is 8.58. The molecule has 7 nitrogen and oxygen atoms in total. The summed E-state index contributed by atoms with van der Waals surface area (Å²) in [7, 11) is 4.04. The minimum Gasteiger partial charge on any atom is -0.464 e. The molecule has 0 aliphatic rings. The number of carbonyl (C=O) groups is 1. The molecule has 2 aromatic rings. The van der Waals surface area contributed by atoms with E-state index in [0.717, 1.165) is 54.1 Å². The number of amides is 2. The molecule has 0 aliphatic carbocycles. The third-order valence-electron chi connectivity index (χ3n) is 4.06. The molecule has 2 rings (SSSR count). The van der Waals surface area contributed by atoms with E-state index in [1.807, 2.05) is 46.3 Å². The summed E-state index contributed by atoms with van der Waals surface area (Å²) in [6.45, 7) is 6.78. The lowest BCUT2D eigenvalue weighted by Gasteiger charge is -2.16. The van der Waals surface area contributed by atoms with E-state index in [-0.39, 0.29) is 6.03 Å². The number of aryl methyl sites for hydroxylation is 3. The van der Waals surface area contributed by atoms with Crippen molar-refractivity contribution >= 4 is 30.6 Å². The molecule has 1 N–H and O–H groups in total. The molecule has 9 heteroatoms. The van der Waals surface area contributed by atoms with Gasteiger partial charge in [-0.15, -0.1) is 0 Å². The highest BCUT2D eigenvalue weighted by atomic mass is 32.2. The molecule has 0 spiro atoms. The number of carbonyl (C=O) groups excluding carboxylic acids is 1. The molecule has 0 unspecified atom stereocenters. The van der Waals surface area contributed by atoms with Gasteiger partial charge in [0.25, 0.3) is 0 Å². The van der Waals surface area contributed by atoms with Crippen LogP contribution >= 0.6 is 24.6 Å². The fraction of sp³-hybridized carbons (Fsp3) is 0.579. The lowest BCUT2D eigenvalue weighted by atomic mass is 10.4. The summed E-state index contributed by atoms with van der Waals surface area (Å²) < 4.78 is 9.31. The van der Waals surface area contributed by atoms with Gasteiger partial charge in [0, 0.05) is 31.6 Å². The molecule has 28 heavy (non-hydrogen) atoms. The highest BCUT2D eigenvalue weighted by molar-refractivity contribution is 7.98. The highest BCUT2D eigenvalue weighted by Gasteiger charge is 2.09. The Morgan fingerprint density at radius 2 is 2.07 bits per heavy atom. The Morgan fingerprint density at radius 3 is 2.75 bits per heavy atom. The molecule has 156 valence electrons. The maximum atomic E-state index is 12.1. The van der Waals surface area contributed by atoms with Crippen molar-refractivity contribution in [1.29, 1.82) is 0 Å². The summed E-state index contributed by atoms with van der Waals surface area (Å²) in [5.74, 6) is 4.56. The normalized spacial score (nSPS) is 11.2. The van der Waals surface area contributed by atoms with Crippen LogP contribution in [-0.4, -0.2) is 57.7 Å². The van der Waals surface area contributed by atoms with Crippen LogP contribution in [0.25, 0.3) is 0 Å². The van der Waals surface area contributed by atoms with Crippen molar-refractivity contribution in [2.45, 2.75) is 39.1 Å². The molecule has 0 aromatic carbocycles. The molecule has 0 saturated heterocycles. The predicted molar refractivity (Wildman–Crippen MR) is 118 cm³/mol. The third-order valence-corrected chi connectivity index (χ3v) is 5.42. The molecule has 0 bridgehead atoms. The molecule has 2 heterocycles. The van der Waals surface area contributed by atoms with Crippen molar-refractivity contribution < 1.29 is 9.21 Å². The molecule has 0 radical (unpaired) electrons. The Labute approximate surface area is 177 Å². The van der Waals surface area contributed by atoms with Gasteiger partial charge in [-0.05, 0) is 46.5 Å². The fourth-order valence-corrected chi connectivity index (χ4v) is 3.74. The molecule has 2 amide bonds. The number of aromatic nitrogens is 2. The van der Waals surface area contributed by atoms with E-state index >= 15 is 0 Å². The van der Waals surface area contributed by atoms with E-state index in [4.69, 9.17) is 4.42 Å². The van der Waals surface area contributed by atoms with Crippen molar-refractivity contribution in [1.82, 2.24) is 24.1 Å². The van der Waals surface area contributed by atoms with Gasteiger partial charge in [0.15, 0.2) is 0 Å². The molecule has 2 aromatic heterocycles. The Bertz CT molecular complexity index is 745. The van der Waals surface area contributed by atoms with Gasteiger partial charge in [0.05, 0.1) is 18.0 Å². The minimum atomic E-state index is -0.159. The number of furan rings is 1. The van der Waals surface area contributed by atoms with E-state index < -0.39 is 0 Å². The summed E-state index contributed by atoms with van der Waals surface area (Å²) in [5.41, 5.74) is 1.01. The van der Waals surface area contributed by atoms with Crippen molar-refractivity contribution in [3.63, 3.8) is 0 Å². The van der Waals surface area contributed by atoms with Crippen LogP contribution in [0.15, 0.2) is 22.7 Å². The topological polar surface area (TPSA) is 66.5 Å². The zero-order chi connectivity index (χ0) is 20.5. The van der Waals surface area contributed by atoms with Crippen LogP contribution in [0, 0.1) is 13.8 Å². The number of nitrogens with one attached hydrogen (secondary N) is 1. The van der Waals surface area contributed by atoms with Crippen LogP contribution in [-0.2, 0) is 18.8 Å². The van der Waals surface area contributed by atoms with E-state index in [0.29, 0.717) is 13.1 Å². The van der Waals surface area contributed by atoms with Crippen molar-refractivity contribution in [3.05, 3.63) is 41.4 Å². The molecule has 0 fully saturated rings. The van der Waals surface area contributed by atoms with Gasteiger partial charge in [-0.3, -0.25) is 4.31 Å². The second-order valence-electron chi connectivity index (χ2n) is 6.99. The molecular formula is C19H31N5O2S2. The summed E-state index contributed by atoms with van der Waals surface area (Å²) in [5, 5.41) is 2.90. The van der Waals surface area contributed by atoms with Crippen LogP contribution in [0.2, 0.25) is 0 Å². The lowest BCUT2D eigenvalue weighted by Crippen LogP contribution is -2.36. The number of nitrogens with zero attached hydrogens (tertiary/aromatic N) is 4. The lowest BCUT2D eigenvalue weighted by molar-refractivity contribution is 0.226. The molecule has 0 atom stereocenters. The summed E-state index contributed by atoms with van der Waals surface area (Å²) >= 11 is 6.02. The first-order valence-electron chi connectivity index (χ1n) is 9.40. The number of thioether (sulfide) groups is 1. The van der Waals surface area contributed by atoms with Gasteiger partial charge in [-0.2, -0.15) is 11.8 Å². The van der Waals surface area contributed by atoms with Crippen LogP contribution in [0.5, 0.6) is 0 Å². The fourth-order valence-electron chi connectivity index (χ4n) is 2.78. The van der Waals surface area contributed by atoms with E-state index in [2.05, 4.69) is 32.6 Å². The van der Waals surface area contributed by atoms with Crippen molar-refractivity contribution in [2.75, 3.05) is 32.9 Å². The molecule has 0 saturated carbocycles. The van der Waals surface area contributed by atoms with Gasteiger partial charge in [-0.25, -0.2) is 9.78 Å². The van der Waals surface area contributed by atoms with Gasteiger partial charge < -0.3 is 19.2 Å². The van der Waals surface area contributed by atoms with E-state index in [9.17, 15) is 4.79 Å². The number of thiol groups is 1. The predicted octanol–water partition coefficient (Wildman–Crippen LogP) is 3.33. The van der Waals surface area contributed by atoms with Crippen LogP contribution in [0.3, 0.4) is 0 Å². The summed E-state index contributed by atoms with van der Waals surface area (Å²) in [6.07, 6.45) is 2.86. The van der Waals surface area contributed by atoms with Crippen LogP contribution < -0.4 is 5.32 Å². The van der Waals surface area contributed by atoms with Gasteiger partial charge in [0.1, 0.15) is 17.3 Å². The smallest absolute Gasteiger partial charge is 0.327 e. The standard InChI is InChI=1S/C19H31N5O2S2/c1-15-12-23(16(2)21-15)9-5-10-24(27)19(25)20-8-11-28-14-18-7-6-17(26-18)13-22(3)4/h6-7,12,27H,5,8-11,13-14H2,1-4H3,(H,20,25). The van der Waals surface area contributed by atoms with E-state index in [1.54, 1.807) is 11.8 Å². The zero-order valence-electron chi connectivity index (χ0n) is 17.1. The van der Waals surface area contributed by atoms with Crippen LogP contribution in [0.1, 0.15) is 29.5 Å². The Balaban J connectivity index is 1.56. The van der Waals surface area contributed by atoms with E-state index in [1.165, 1.54) is 4.31 Å². The number of hydrogen-bond donors (Lipinski definition) is 2. The average Bonchev–Trinajstić information content (AvgIpc) is 3.19.